The van der Waals surface area contributed by atoms with Gasteiger partial charge >= 0.3 is 0 Å². The second kappa shape index (κ2) is 4.63. The summed E-state index contributed by atoms with van der Waals surface area (Å²) in [6.45, 7) is 8.52. The van der Waals surface area contributed by atoms with E-state index in [0.717, 1.165) is 23.8 Å². The molecular weight excluding hydrogens is 172 g/mol. The highest BCUT2D eigenvalue weighted by Crippen LogP contribution is 2.30. The van der Waals surface area contributed by atoms with Crippen molar-refractivity contribution >= 4 is 0 Å². The standard InChI is InChI=1S/C12H24N2/c1-3-12-11(8-14-12)6-9(2)10-4-5-13-7-10/h9-14H,3-8H2,1-2H3. The van der Waals surface area contributed by atoms with Gasteiger partial charge in [-0.1, -0.05) is 13.8 Å². The molecular formula is C12H24N2. The van der Waals surface area contributed by atoms with Crippen LogP contribution in [0.2, 0.25) is 0 Å². The fourth-order valence-electron chi connectivity index (χ4n) is 3.01. The SMILES string of the molecule is CCC1NCC1CC(C)C1CCNC1. The molecule has 0 aliphatic carbocycles. The van der Waals surface area contributed by atoms with Crippen LogP contribution in [0, 0.1) is 17.8 Å². The first-order chi connectivity index (χ1) is 6.81. The average Bonchev–Trinajstić information content (AvgIpc) is 2.65. The van der Waals surface area contributed by atoms with Crippen molar-refractivity contribution in [2.24, 2.45) is 17.8 Å². The van der Waals surface area contributed by atoms with Crippen LogP contribution in [0.5, 0.6) is 0 Å². The predicted octanol–water partition coefficient (Wildman–Crippen LogP) is 1.62. The van der Waals surface area contributed by atoms with E-state index < -0.39 is 0 Å². The monoisotopic (exact) mass is 196 g/mol. The summed E-state index contributed by atoms with van der Waals surface area (Å²) in [6, 6.07) is 0.826. The molecule has 82 valence electrons. The highest BCUT2D eigenvalue weighted by Gasteiger charge is 2.32. The summed E-state index contributed by atoms with van der Waals surface area (Å²) in [5.74, 6) is 2.84. The fourth-order valence-corrected chi connectivity index (χ4v) is 3.01. The Morgan fingerprint density at radius 2 is 2.21 bits per heavy atom. The zero-order valence-corrected chi connectivity index (χ0v) is 9.55. The van der Waals surface area contributed by atoms with Gasteiger partial charge in [0.25, 0.3) is 0 Å². The molecule has 2 aliphatic heterocycles. The van der Waals surface area contributed by atoms with E-state index in [4.69, 9.17) is 0 Å². The van der Waals surface area contributed by atoms with Gasteiger partial charge in [-0.05, 0) is 56.7 Å². The van der Waals surface area contributed by atoms with E-state index >= 15 is 0 Å². The van der Waals surface area contributed by atoms with Gasteiger partial charge in [0.1, 0.15) is 0 Å². The molecule has 4 unspecified atom stereocenters. The molecule has 0 aromatic carbocycles. The number of nitrogens with one attached hydrogen (secondary N) is 2. The van der Waals surface area contributed by atoms with Crippen LogP contribution in [0.15, 0.2) is 0 Å². The molecule has 2 N–H and O–H groups in total. The van der Waals surface area contributed by atoms with E-state index in [-0.39, 0.29) is 0 Å². The number of rotatable bonds is 4. The van der Waals surface area contributed by atoms with Crippen LogP contribution in [0.1, 0.15) is 33.1 Å². The normalized spacial score (nSPS) is 39.4. The molecule has 2 rings (SSSR count). The van der Waals surface area contributed by atoms with Crippen molar-refractivity contribution in [1.29, 1.82) is 0 Å². The molecule has 2 heteroatoms. The summed E-state index contributed by atoms with van der Waals surface area (Å²) in [7, 11) is 0. The molecule has 0 saturated carbocycles. The molecule has 0 bridgehead atoms. The maximum Gasteiger partial charge on any atom is 0.0105 e. The Balaban J connectivity index is 1.73. The van der Waals surface area contributed by atoms with Crippen LogP contribution in [-0.4, -0.2) is 25.7 Å². The first kappa shape index (κ1) is 10.4. The van der Waals surface area contributed by atoms with Crippen molar-refractivity contribution in [2.45, 2.75) is 39.2 Å². The molecule has 14 heavy (non-hydrogen) atoms. The largest absolute Gasteiger partial charge is 0.316 e. The Kier molecular flexibility index (Phi) is 3.45. The molecule has 0 amide bonds. The average molecular weight is 196 g/mol. The highest BCUT2D eigenvalue weighted by molar-refractivity contribution is 4.89. The smallest absolute Gasteiger partial charge is 0.0105 e. The van der Waals surface area contributed by atoms with E-state index in [1.807, 2.05) is 0 Å². The lowest BCUT2D eigenvalue weighted by Crippen LogP contribution is -2.53. The second-order valence-electron chi connectivity index (χ2n) is 5.15. The molecule has 2 aliphatic rings. The summed E-state index contributed by atoms with van der Waals surface area (Å²) in [5.41, 5.74) is 0. The van der Waals surface area contributed by atoms with E-state index in [2.05, 4.69) is 24.5 Å². The van der Waals surface area contributed by atoms with Crippen molar-refractivity contribution in [3.63, 3.8) is 0 Å². The molecule has 2 saturated heterocycles. The van der Waals surface area contributed by atoms with Crippen molar-refractivity contribution in [2.75, 3.05) is 19.6 Å². The topological polar surface area (TPSA) is 24.1 Å². The van der Waals surface area contributed by atoms with Gasteiger partial charge in [0.05, 0.1) is 0 Å². The van der Waals surface area contributed by atoms with Crippen LogP contribution in [-0.2, 0) is 0 Å². The highest BCUT2D eigenvalue weighted by atomic mass is 15.0. The fraction of sp³-hybridized carbons (Fsp3) is 1.00. The summed E-state index contributed by atoms with van der Waals surface area (Å²) >= 11 is 0. The second-order valence-corrected chi connectivity index (χ2v) is 5.15. The Labute approximate surface area is 87.8 Å². The number of hydrogen-bond acceptors (Lipinski definition) is 2. The minimum atomic E-state index is 0.826. The van der Waals surface area contributed by atoms with E-state index in [1.54, 1.807) is 0 Å². The zero-order chi connectivity index (χ0) is 9.97. The summed E-state index contributed by atoms with van der Waals surface area (Å²) < 4.78 is 0. The van der Waals surface area contributed by atoms with E-state index in [1.165, 1.54) is 38.9 Å². The molecule has 2 heterocycles. The van der Waals surface area contributed by atoms with Gasteiger partial charge < -0.3 is 10.6 Å². The van der Waals surface area contributed by atoms with Crippen LogP contribution < -0.4 is 10.6 Å². The minimum Gasteiger partial charge on any atom is -0.316 e. The molecule has 0 aromatic heterocycles. The van der Waals surface area contributed by atoms with E-state index in [0.29, 0.717) is 0 Å². The first-order valence-corrected chi connectivity index (χ1v) is 6.25. The lowest BCUT2D eigenvalue weighted by molar-refractivity contribution is 0.169. The Morgan fingerprint density at radius 1 is 1.36 bits per heavy atom. The van der Waals surface area contributed by atoms with Gasteiger partial charge in [0.15, 0.2) is 0 Å². The third-order valence-electron chi connectivity index (χ3n) is 4.23. The van der Waals surface area contributed by atoms with Gasteiger partial charge in [-0.2, -0.15) is 0 Å². The maximum atomic E-state index is 3.53. The molecule has 2 nitrogen and oxygen atoms in total. The molecule has 4 atom stereocenters. The van der Waals surface area contributed by atoms with Gasteiger partial charge in [0, 0.05) is 6.04 Å². The predicted molar refractivity (Wildman–Crippen MR) is 60.3 cm³/mol. The van der Waals surface area contributed by atoms with Crippen molar-refractivity contribution in [1.82, 2.24) is 10.6 Å². The molecule has 0 radical (unpaired) electrons. The minimum absolute atomic E-state index is 0.826. The molecule has 0 aromatic rings. The van der Waals surface area contributed by atoms with Crippen molar-refractivity contribution in [3.8, 4) is 0 Å². The molecule has 2 fully saturated rings. The van der Waals surface area contributed by atoms with Crippen LogP contribution in [0.4, 0.5) is 0 Å². The maximum absolute atomic E-state index is 3.53. The van der Waals surface area contributed by atoms with Crippen LogP contribution in [0.3, 0.4) is 0 Å². The quantitative estimate of drug-likeness (QED) is 0.714. The van der Waals surface area contributed by atoms with Crippen molar-refractivity contribution in [3.05, 3.63) is 0 Å². The summed E-state index contributed by atoms with van der Waals surface area (Å²) in [6.07, 6.45) is 4.15. The summed E-state index contributed by atoms with van der Waals surface area (Å²) in [5, 5.41) is 7.00. The van der Waals surface area contributed by atoms with Gasteiger partial charge in [0.2, 0.25) is 0 Å². The van der Waals surface area contributed by atoms with Gasteiger partial charge in [-0.3, -0.25) is 0 Å². The third-order valence-corrected chi connectivity index (χ3v) is 4.23. The zero-order valence-electron chi connectivity index (χ0n) is 9.55. The third kappa shape index (κ3) is 2.12. The lowest BCUT2D eigenvalue weighted by atomic mass is 9.78. The van der Waals surface area contributed by atoms with Gasteiger partial charge in [-0.15, -0.1) is 0 Å². The van der Waals surface area contributed by atoms with Crippen LogP contribution >= 0.6 is 0 Å². The summed E-state index contributed by atoms with van der Waals surface area (Å²) in [4.78, 5) is 0. The first-order valence-electron chi connectivity index (χ1n) is 6.25. The van der Waals surface area contributed by atoms with Crippen LogP contribution in [0.25, 0.3) is 0 Å². The lowest BCUT2D eigenvalue weighted by Gasteiger charge is -2.40. The number of hydrogen-bond donors (Lipinski definition) is 2. The van der Waals surface area contributed by atoms with Crippen molar-refractivity contribution < 1.29 is 0 Å². The Morgan fingerprint density at radius 3 is 2.71 bits per heavy atom. The van der Waals surface area contributed by atoms with E-state index in [9.17, 15) is 0 Å². The van der Waals surface area contributed by atoms with Gasteiger partial charge in [-0.25, -0.2) is 0 Å². The Bertz CT molecular complexity index is 173. The molecule has 0 spiro atoms. The Hall–Kier alpha value is -0.0800.